The monoisotopic (exact) mass is 235 g/mol. The van der Waals surface area contributed by atoms with Gasteiger partial charge in [0.1, 0.15) is 0 Å². The molecule has 1 amide bonds. The van der Waals surface area contributed by atoms with E-state index >= 15 is 0 Å². The van der Waals surface area contributed by atoms with Crippen molar-refractivity contribution in [2.45, 2.75) is 39.8 Å². The molecule has 0 aliphatic rings. The molecule has 0 aliphatic carbocycles. The first kappa shape index (κ1) is 13.6. The fraction of sp³-hybridized carbons (Fsp3) is 0.538. The van der Waals surface area contributed by atoms with Crippen molar-refractivity contribution in [1.29, 1.82) is 0 Å². The molecule has 0 aromatic carbocycles. The molecule has 0 saturated carbocycles. The maximum Gasteiger partial charge on any atom is 0.240 e. The first-order chi connectivity index (χ1) is 7.95. The van der Waals surface area contributed by atoms with Crippen LogP contribution in [0.25, 0.3) is 0 Å². The van der Waals surface area contributed by atoms with Gasteiger partial charge in [0, 0.05) is 5.69 Å². The van der Waals surface area contributed by atoms with E-state index in [9.17, 15) is 4.79 Å². The zero-order valence-corrected chi connectivity index (χ0v) is 11.0. The Kier molecular flexibility index (Phi) is 4.63. The lowest BCUT2D eigenvalue weighted by Gasteiger charge is -2.24. The van der Waals surface area contributed by atoms with Crippen LogP contribution in [-0.2, 0) is 11.3 Å². The number of hydrogen-bond donors (Lipinski definition) is 2. The molecule has 94 valence electrons. The average Bonchev–Trinajstić information content (AvgIpc) is 2.26. The van der Waals surface area contributed by atoms with Gasteiger partial charge in [0.2, 0.25) is 5.91 Å². The topological polar surface area (TPSA) is 54.0 Å². The molecular weight excluding hydrogens is 214 g/mol. The molecule has 0 spiro atoms. The number of nitrogens with one attached hydrogen (secondary N) is 2. The van der Waals surface area contributed by atoms with Crippen molar-refractivity contribution < 1.29 is 4.79 Å². The van der Waals surface area contributed by atoms with Crippen LogP contribution >= 0.6 is 0 Å². The first-order valence-corrected chi connectivity index (χ1v) is 5.91. The minimum Gasteiger partial charge on any atom is -0.349 e. The van der Waals surface area contributed by atoms with Gasteiger partial charge in [-0.1, -0.05) is 13.0 Å². The number of aryl methyl sites for hydroxylation is 1. The molecular formula is C13H21N3O. The van der Waals surface area contributed by atoms with Gasteiger partial charge in [-0.15, -0.1) is 0 Å². The summed E-state index contributed by atoms with van der Waals surface area (Å²) in [6.07, 6.45) is 0. The molecule has 1 aromatic heterocycles. The number of aromatic nitrogens is 1. The number of hydrogen-bond acceptors (Lipinski definition) is 3. The largest absolute Gasteiger partial charge is 0.349 e. The summed E-state index contributed by atoms with van der Waals surface area (Å²) >= 11 is 0. The molecule has 0 fully saturated rings. The van der Waals surface area contributed by atoms with E-state index < -0.39 is 5.54 Å². The standard InChI is InChI=1S/C13H21N3O/c1-5-15-13(3,4)12(17)14-9-11-8-6-7-10(2)16-11/h6-8,15H,5,9H2,1-4H3,(H,14,17). The Hall–Kier alpha value is -1.42. The maximum atomic E-state index is 11.9. The van der Waals surface area contributed by atoms with Gasteiger partial charge in [-0.2, -0.15) is 0 Å². The quantitative estimate of drug-likeness (QED) is 0.811. The number of likely N-dealkylation sites (N-methyl/N-ethyl adjacent to an activating group) is 1. The summed E-state index contributed by atoms with van der Waals surface area (Å²) < 4.78 is 0. The fourth-order valence-corrected chi connectivity index (χ4v) is 1.61. The van der Waals surface area contributed by atoms with Crippen molar-refractivity contribution in [3.8, 4) is 0 Å². The van der Waals surface area contributed by atoms with Gasteiger partial charge in [0.25, 0.3) is 0 Å². The average molecular weight is 235 g/mol. The molecule has 0 bridgehead atoms. The summed E-state index contributed by atoms with van der Waals surface area (Å²) in [5, 5.41) is 6.02. The van der Waals surface area contributed by atoms with Crippen LogP contribution in [0.3, 0.4) is 0 Å². The zero-order valence-electron chi connectivity index (χ0n) is 11.0. The maximum absolute atomic E-state index is 11.9. The highest BCUT2D eigenvalue weighted by molar-refractivity contribution is 5.85. The van der Waals surface area contributed by atoms with E-state index in [1.54, 1.807) is 0 Å². The molecule has 17 heavy (non-hydrogen) atoms. The highest BCUT2D eigenvalue weighted by Crippen LogP contribution is 2.03. The van der Waals surface area contributed by atoms with Gasteiger partial charge in [-0.3, -0.25) is 9.78 Å². The van der Waals surface area contributed by atoms with Gasteiger partial charge in [0.15, 0.2) is 0 Å². The Bertz CT molecular complexity index is 388. The normalized spacial score (nSPS) is 11.3. The van der Waals surface area contributed by atoms with E-state index in [2.05, 4.69) is 15.6 Å². The summed E-state index contributed by atoms with van der Waals surface area (Å²) in [7, 11) is 0. The summed E-state index contributed by atoms with van der Waals surface area (Å²) in [4.78, 5) is 16.2. The van der Waals surface area contributed by atoms with E-state index in [1.807, 2.05) is 45.9 Å². The lowest BCUT2D eigenvalue weighted by Crippen LogP contribution is -2.52. The van der Waals surface area contributed by atoms with Crippen LogP contribution in [0, 0.1) is 6.92 Å². The third kappa shape index (κ3) is 4.15. The van der Waals surface area contributed by atoms with Crippen molar-refractivity contribution in [2.24, 2.45) is 0 Å². The third-order valence-corrected chi connectivity index (χ3v) is 2.56. The van der Waals surface area contributed by atoms with Crippen LogP contribution in [0.2, 0.25) is 0 Å². The minimum atomic E-state index is -0.543. The predicted molar refractivity (Wildman–Crippen MR) is 68.6 cm³/mol. The van der Waals surface area contributed by atoms with E-state index in [4.69, 9.17) is 0 Å². The molecule has 0 aliphatic heterocycles. The van der Waals surface area contributed by atoms with Crippen molar-refractivity contribution in [3.05, 3.63) is 29.6 Å². The number of amides is 1. The molecule has 0 radical (unpaired) electrons. The summed E-state index contributed by atoms with van der Waals surface area (Å²) in [5.74, 6) is -0.0114. The van der Waals surface area contributed by atoms with Crippen LogP contribution in [-0.4, -0.2) is 23.0 Å². The van der Waals surface area contributed by atoms with Crippen molar-refractivity contribution in [2.75, 3.05) is 6.54 Å². The predicted octanol–water partition coefficient (Wildman–Crippen LogP) is 1.39. The Balaban J connectivity index is 2.54. The van der Waals surface area contributed by atoms with E-state index in [0.29, 0.717) is 6.54 Å². The molecule has 0 unspecified atom stereocenters. The second kappa shape index (κ2) is 5.77. The van der Waals surface area contributed by atoms with Crippen LogP contribution < -0.4 is 10.6 Å². The van der Waals surface area contributed by atoms with Crippen LogP contribution in [0.15, 0.2) is 18.2 Å². The SMILES string of the molecule is CCNC(C)(C)C(=O)NCc1cccc(C)n1. The van der Waals surface area contributed by atoms with E-state index in [-0.39, 0.29) is 5.91 Å². The Labute approximate surface area is 103 Å². The number of nitrogens with zero attached hydrogens (tertiary/aromatic N) is 1. The Morgan fingerprint density at radius 2 is 2.12 bits per heavy atom. The zero-order chi connectivity index (χ0) is 12.9. The number of carbonyl (C=O) groups excluding carboxylic acids is 1. The van der Waals surface area contributed by atoms with E-state index in [0.717, 1.165) is 17.9 Å². The van der Waals surface area contributed by atoms with Crippen molar-refractivity contribution in [3.63, 3.8) is 0 Å². The molecule has 0 atom stereocenters. The molecule has 1 heterocycles. The van der Waals surface area contributed by atoms with E-state index in [1.165, 1.54) is 0 Å². The van der Waals surface area contributed by atoms with Gasteiger partial charge >= 0.3 is 0 Å². The highest BCUT2D eigenvalue weighted by Gasteiger charge is 2.25. The molecule has 0 saturated heterocycles. The first-order valence-electron chi connectivity index (χ1n) is 5.91. The van der Waals surface area contributed by atoms with Crippen LogP contribution in [0.4, 0.5) is 0 Å². The number of rotatable bonds is 5. The van der Waals surface area contributed by atoms with Crippen molar-refractivity contribution >= 4 is 5.91 Å². The highest BCUT2D eigenvalue weighted by atomic mass is 16.2. The molecule has 1 aromatic rings. The molecule has 2 N–H and O–H groups in total. The summed E-state index contributed by atoms with van der Waals surface area (Å²) in [6, 6.07) is 5.79. The fourth-order valence-electron chi connectivity index (χ4n) is 1.61. The Morgan fingerprint density at radius 1 is 1.41 bits per heavy atom. The van der Waals surface area contributed by atoms with Gasteiger partial charge < -0.3 is 10.6 Å². The van der Waals surface area contributed by atoms with Gasteiger partial charge in [-0.05, 0) is 39.4 Å². The third-order valence-electron chi connectivity index (χ3n) is 2.56. The lowest BCUT2D eigenvalue weighted by atomic mass is 10.0. The number of pyridine rings is 1. The van der Waals surface area contributed by atoms with Crippen LogP contribution in [0.5, 0.6) is 0 Å². The van der Waals surface area contributed by atoms with Gasteiger partial charge in [0.05, 0.1) is 17.8 Å². The molecule has 1 rings (SSSR count). The second-order valence-electron chi connectivity index (χ2n) is 4.61. The summed E-state index contributed by atoms with van der Waals surface area (Å²) in [6.45, 7) is 8.90. The second-order valence-corrected chi connectivity index (χ2v) is 4.61. The molecule has 4 heteroatoms. The molecule has 4 nitrogen and oxygen atoms in total. The van der Waals surface area contributed by atoms with Gasteiger partial charge in [-0.25, -0.2) is 0 Å². The number of carbonyl (C=O) groups is 1. The Morgan fingerprint density at radius 3 is 2.71 bits per heavy atom. The van der Waals surface area contributed by atoms with Crippen LogP contribution in [0.1, 0.15) is 32.2 Å². The minimum absolute atomic E-state index is 0.0114. The summed E-state index contributed by atoms with van der Waals surface area (Å²) in [5.41, 5.74) is 1.30. The smallest absolute Gasteiger partial charge is 0.240 e. The lowest BCUT2D eigenvalue weighted by molar-refractivity contribution is -0.126. The van der Waals surface area contributed by atoms with Crippen molar-refractivity contribution in [1.82, 2.24) is 15.6 Å².